The van der Waals surface area contributed by atoms with E-state index in [1.165, 1.54) is 5.57 Å². The van der Waals surface area contributed by atoms with Gasteiger partial charge in [0.1, 0.15) is 0 Å². The van der Waals surface area contributed by atoms with E-state index >= 15 is 0 Å². The van der Waals surface area contributed by atoms with E-state index in [4.69, 9.17) is 4.43 Å². The minimum absolute atomic E-state index is 0.431. The lowest BCUT2D eigenvalue weighted by Gasteiger charge is -2.16. The van der Waals surface area contributed by atoms with Crippen LogP contribution in [-0.2, 0) is 4.43 Å². The van der Waals surface area contributed by atoms with E-state index in [0.717, 1.165) is 0 Å². The van der Waals surface area contributed by atoms with Crippen LogP contribution in [0.15, 0.2) is 35.6 Å². The van der Waals surface area contributed by atoms with Gasteiger partial charge in [-0.2, -0.15) is 0 Å². The summed E-state index contributed by atoms with van der Waals surface area (Å²) in [5, 5.41) is 0. The van der Waals surface area contributed by atoms with Crippen molar-refractivity contribution in [1.82, 2.24) is 0 Å². The zero-order valence-electron chi connectivity index (χ0n) is 8.23. The first-order valence-electron chi connectivity index (χ1n) is 4.89. The van der Waals surface area contributed by atoms with Gasteiger partial charge in [-0.1, -0.05) is 35.6 Å². The Hall–Kier alpha value is -0.603. The van der Waals surface area contributed by atoms with E-state index in [0.29, 0.717) is 17.9 Å². The molecule has 0 saturated carbocycles. The molecular weight excluding hydrogens is 176 g/mol. The molecule has 0 spiro atoms. The molecule has 0 atom stereocenters. The highest BCUT2D eigenvalue weighted by molar-refractivity contribution is 6.34. The molecule has 0 aliphatic heterocycles. The smallest absolute Gasteiger partial charge is 0.185 e. The van der Waals surface area contributed by atoms with E-state index in [-0.39, 0.29) is 0 Å². The van der Waals surface area contributed by atoms with Crippen LogP contribution >= 0.6 is 0 Å². The largest absolute Gasteiger partial charge is 0.414 e. The first kappa shape index (κ1) is 8.97. The van der Waals surface area contributed by atoms with E-state index in [9.17, 15) is 0 Å². The van der Waals surface area contributed by atoms with Gasteiger partial charge in [-0.15, -0.1) is 0 Å². The lowest BCUT2D eigenvalue weighted by molar-refractivity contribution is 0.185. The van der Waals surface area contributed by atoms with Gasteiger partial charge in [0.2, 0.25) is 0 Å². The van der Waals surface area contributed by atoms with E-state index in [1.807, 2.05) is 0 Å². The third-order valence-corrected chi connectivity index (χ3v) is 4.21. The number of hydrogen-bond donors (Lipinski definition) is 0. The monoisotopic (exact) mass is 192 g/mol. The summed E-state index contributed by atoms with van der Waals surface area (Å²) in [4.78, 5) is 0. The molecular formula is C11H16OSi. The lowest BCUT2D eigenvalue weighted by Crippen LogP contribution is -2.21. The predicted octanol–water partition coefficient (Wildman–Crippen LogP) is 1.75. The summed E-state index contributed by atoms with van der Waals surface area (Å²) in [5.74, 6) is 1.14. The van der Waals surface area contributed by atoms with Gasteiger partial charge in [-0.25, -0.2) is 0 Å². The summed E-state index contributed by atoms with van der Waals surface area (Å²) in [6.07, 6.45) is 9.53. The Balaban J connectivity index is 1.82. The summed E-state index contributed by atoms with van der Waals surface area (Å²) in [5.41, 5.74) is 3.66. The molecule has 2 aliphatic carbocycles. The second kappa shape index (κ2) is 3.64. The summed E-state index contributed by atoms with van der Waals surface area (Å²) in [6, 6.07) is 0. The van der Waals surface area contributed by atoms with Crippen LogP contribution in [0.5, 0.6) is 0 Å². The molecule has 2 bridgehead atoms. The second-order valence-electron chi connectivity index (χ2n) is 4.00. The third kappa shape index (κ3) is 1.84. The maximum absolute atomic E-state index is 5.94. The van der Waals surface area contributed by atoms with Crippen LogP contribution in [0.1, 0.15) is 13.8 Å². The Bertz CT molecular complexity index is 244. The second-order valence-corrected chi connectivity index (χ2v) is 5.08. The highest BCUT2D eigenvalue weighted by atomic mass is 28.2. The SMILES string of the molecule is CC(C)=C[SiH2]OC1C2C=CC1C=C2. The molecule has 2 aliphatic rings. The number of hydrogen-bond acceptors (Lipinski definition) is 1. The quantitative estimate of drug-likeness (QED) is 0.489. The summed E-state index contributed by atoms with van der Waals surface area (Å²) in [6.45, 7) is 4.27. The fourth-order valence-corrected chi connectivity index (χ4v) is 2.98. The van der Waals surface area contributed by atoms with E-state index < -0.39 is 9.76 Å². The van der Waals surface area contributed by atoms with Gasteiger partial charge in [0, 0.05) is 11.8 Å². The van der Waals surface area contributed by atoms with E-state index in [1.54, 1.807) is 0 Å². The minimum Gasteiger partial charge on any atom is -0.414 e. The van der Waals surface area contributed by atoms with Crippen molar-refractivity contribution in [2.45, 2.75) is 20.0 Å². The fraction of sp³-hybridized carbons (Fsp3) is 0.455. The molecule has 0 N–H and O–H groups in total. The summed E-state index contributed by atoms with van der Waals surface area (Å²) >= 11 is 0. The summed E-state index contributed by atoms with van der Waals surface area (Å²) < 4.78 is 5.94. The normalized spacial score (nSPS) is 35.1. The van der Waals surface area contributed by atoms with Crippen molar-refractivity contribution in [2.24, 2.45) is 11.8 Å². The van der Waals surface area contributed by atoms with Crippen molar-refractivity contribution in [2.75, 3.05) is 0 Å². The number of rotatable bonds is 3. The molecule has 2 rings (SSSR count). The maximum atomic E-state index is 5.94. The molecule has 0 aromatic rings. The Morgan fingerprint density at radius 1 is 1.15 bits per heavy atom. The zero-order chi connectivity index (χ0) is 9.26. The van der Waals surface area contributed by atoms with Gasteiger partial charge in [0.05, 0.1) is 6.10 Å². The van der Waals surface area contributed by atoms with Gasteiger partial charge in [0.15, 0.2) is 9.76 Å². The first-order valence-corrected chi connectivity index (χ1v) is 6.28. The van der Waals surface area contributed by atoms with Gasteiger partial charge in [-0.3, -0.25) is 0 Å². The third-order valence-electron chi connectivity index (χ3n) is 2.65. The lowest BCUT2D eigenvalue weighted by atomic mass is 10.1. The molecule has 0 amide bonds. The average Bonchev–Trinajstić information content (AvgIpc) is 2.64. The molecule has 2 heteroatoms. The zero-order valence-corrected chi connectivity index (χ0v) is 9.65. The van der Waals surface area contributed by atoms with Crippen molar-refractivity contribution in [3.63, 3.8) is 0 Å². The highest BCUT2D eigenvalue weighted by Gasteiger charge is 2.33. The first-order chi connectivity index (χ1) is 6.27. The van der Waals surface area contributed by atoms with Crippen LogP contribution in [0, 0.1) is 11.8 Å². The molecule has 0 radical (unpaired) electrons. The fourth-order valence-electron chi connectivity index (χ4n) is 1.88. The maximum Gasteiger partial charge on any atom is 0.185 e. The van der Waals surface area contributed by atoms with Gasteiger partial charge in [-0.05, 0) is 13.8 Å². The molecule has 0 heterocycles. The Morgan fingerprint density at radius 3 is 2.15 bits per heavy atom. The van der Waals surface area contributed by atoms with Crippen LogP contribution in [0.25, 0.3) is 0 Å². The average molecular weight is 192 g/mol. The van der Waals surface area contributed by atoms with Crippen LogP contribution < -0.4 is 0 Å². The van der Waals surface area contributed by atoms with Crippen molar-refractivity contribution in [1.29, 1.82) is 0 Å². The molecule has 0 aromatic carbocycles. The Kier molecular flexibility index (Phi) is 2.51. The molecule has 70 valence electrons. The molecule has 13 heavy (non-hydrogen) atoms. The van der Waals surface area contributed by atoms with Gasteiger partial charge >= 0.3 is 0 Å². The molecule has 1 nitrogen and oxygen atoms in total. The standard InChI is InChI=1S/C11H16OSi/c1-8(2)7-13-12-11-9-3-4-10(11)6-5-9/h3-7,9-11H,13H2,1-2H3. The molecule has 0 unspecified atom stereocenters. The van der Waals surface area contributed by atoms with Crippen molar-refractivity contribution in [3.05, 3.63) is 35.6 Å². The van der Waals surface area contributed by atoms with Crippen molar-refractivity contribution in [3.8, 4) is 0 Å². The summed E-state index contributed by atoms with van der Waals surface area (Å²) in [7, 11) is -0.431. The van der Waals surface area contributed by atoms with Crippen LogP contribution in [0.2, 0.25) is 0 Å². The van der Waals surface area contributed by atoms with Crippen LogP contribution in [-0.4, -0.2) is 15.9 Å². The number of allylic oxidation sites excluding steroid dienone is 1. The Morgan fingerprint density at radius 2 is 1.69 bits per heavy atom. The molecule has 0 fully saturated rings. The van der Waals surface area contributed by atoms with Crippen LogP contribution in [0.4, 0.5) is 0 Å². The Labute approximate surface area is 82.1 Å². The van der Waals surface area contributed by atoms with Crippen LogP contribution in [0.3, 0.4) is 0 Å². The molecule has 0 aromatic heterocycles. The number of fused-ring (bicyclic) bond motifs is 2. The van der Waals surface area contributed by atoms with Crippen molar-refractivity contribution < 1.29 is 4.43 Å². The van der Waals surface area contributed by atoms with Gasteiger partial charge < -0.3 is 4.43 Å². The predicted molar refractivity (Wildman–Crippen MR) is 58.1 cm³/mol. The topological polar surface area (TPSA) is 9.23 Å². The van der Waals surface area contributed by atoms with Gasteiger partial charge in [0.25, 0.3) is 0 Å². The highest BCUT2D eigenvalue weighted by Crippen LogP contribution is 2.34. The van der Waals surface area contributed by atoms with Crippen molar-refractivity contribution >= 4 is 9.76 Å². The van der Waals surface area contributed by atoms with E-state index in [2.05, 4.69) is 43.9 Å². The molecule has 0 saturated heterocycles. The minimum atomic E-state index is -0.431.